The van der Waals surface area contributed by atoms with Gasteiger partial charge in [-0.05, 0) is 46.2 Å². The van der Waals surface area contributed by atoms with Crippen LogP contribution in [0.4, 0.5) is 0 Å². The fraction of sp³-hybridized carbons (Fsp3) is 0.692. The molecule has 2 unspecified atom stereocenters. The van der Waals surface area contributed by atoms with Gasteiger partial charge in [0.05, 0.1) is 16.8 Å². The highest BCUT2D eigenvalue weighted by atomic mass is 79.9. The number of furan rings is 1. The van der Waals surface area contributed by atoms with E-state index in [1.807, 2.05) is 6.07 Å². The Bertz CT molecular complexity index is 327. The number of rotatable bonds is 4. The van der Waals surface area contributed by atoms with Crippen LogP contribution in [0.5, 0.6) is 0 Å². The van der Waals surface area contributed by atoms with E-state index in [2.05, 4.69) is 43.6 Å². The lowest BCUT2D eigenvalue weighted by Crippen LogP contribution is -2.18. The van der Waals surface area contributed by atoms with Crippen molar-refractivity contribution in [1.29, 1.82) is 0 Å². The Morgan fingerprint density at radius 2 is 2.06 bits per heavy atom. The van der Waals surface area contributed by atoms with E-state index in [9.17, 15) is 0 Å². The summed E-state index contributed by atoms with van der Waals surface area (Å²) in [6, 6.07) is 1.88. The first-order valence-electron chi connectivity index (χ1n) is 5.78. The molecule has 0 saturated carbocycles. The molecule has 0 radical (unpaired) electrons. The second-order valence-electron chi connectivity index (χ2n) is 5.84. The lowest BCUT2D eigenvalue weighted by molar-refractivity contribution is 0.278. The van der Waals surface area contributed by atoms with Crippen molar-refractivity contribution in [2.75, 3.05) is 0 Å². The third kappa shape index (κ3) is 4.30. The van der Waals surface area contributed by atoms with Gasteiger partial charge in [0, 0.05) is 0 Å². The van der Waals surface area contributed by atoms with Crippen LogP contribution in [0.15, 0.2) is 21.2 Å². The Kier molecular flexibility index (Phi) is 4.62. The Hall–Kier alpha value is -0.280. The third-order valence-corrected chi connectivity index (χ3v) is 3.25. The van der Waals surface area contributed by atoms with Crippen LogP contribution in [-0.4, -0.2) is 0 Å². The van der Waals surface area contributed by atoms with Crippen LogP contribution in [0.2, 0.25) is 0 Å². The van der Waals surface area contributed by atoms with E-state index in [0.29, 0.717) is 11.3 Å². The van der Waals surface area contributed by atoms with Gasteiger partial charge in [0.15, 0.2) is 0 Å². The first kappa shape index (κ1) is 13.8. The first-order chi connectivity index (χ1) is 7.29. The summed E-state index contributed by atoms with van der Waals surface area (Å²) < 4.78 is 6.36. The zero-order valence-corrected chi connectivity index (χ0v) is 12.2. The summed E-state index contributed by atoms with van der Waals surface area (Å²) in [5.41, 5.74) is 6.50. The van der Waals surface area contributed by atoms with Gasteiger partial charge in [0.1, 0.15) is 5.76 Å². The van der Waals surface area contributed by atoms with E-state index in [0.717, 1.165) is 16.7 Å². The normalized spacial score (nSPS) is 16.1. The van der Waals surface area contributed by atoms with Gasteiger partial charge in [-0.15, -0.1) is 0 Å². The predicted molar refractivity (Wildman–Crippen MR) is 71.2 cm³/mol. The lowest BCUT2D eigenvalue weighted by Gasteiger charge is -2.24. The average Bonchev–Trinajstić information content (AvgIpc) is 2.47. The van der Waals surface area contributed by atoms with Crippen molar-refractivity contribution in [3.8, 4) is 0 Å². The molecule has 92 valence electrons. The molecule has 2 N–H and O–H groups in total. The summed E-state index contributed by atoms with van der Waals surface area (Å²) in [6.45, 7) is 9.04. The largest absolute Gasteiger partial charge is 0.466 e. The Morgan fingerprint density at radius 1 is 1.44 bits per heavy atom. The molecular formula is C13H22BrNO. The molecule has 0 aromatic carbocycles. The van der Waals surface area contributed by atoms with Gasteiger partial charge in [-0.1, -0.05) is 27.7 Å². The maximum atomic E-state index is 6.14. The molecule has 0 fully saturated rings. The van der Waals surface area contributed by atoms with Gasteiger partial charge in [0.2, 0.25) is 0 Å². The monoisotopic (exact) mass is 287 g/mol. The van der Waals surface area contributed by atoms with Crippen molar-refractivity contribution >= 4 is 15.9 Å². The topological polar surface area (TPSA) is 39.2 Å². The van der Waals surface area contributed by atoms with Crippen molar-refractivity contribution in [2.24, 2.45) is 17.1 Å². The molecule has 1 rings (SSSR count). The molecule has 3 heteroatoms. The number of hydrogen-bond acceptors (Lipinski definition) is 2. The van der Waals surface area contributed by atoms with Gasteiger partial charge in [-0.2, -0.15) is 0 Å². The molecule has 16 heavy (non-hydrogen) atoms. The van der Waals surface area contributed by atoms with Crippen LogP contribution in [0.3, 0.4) is 0 Å². The molecule has 2 atom stereocenters. The van der Waals surface area contributed by atoms with E-state index in [1.165, 1.54) is 6.42 Å². The van der Waals surface area contributed by atoms with Crippen LogP contribution in [0.1, 0.15) is 52.3 Å². The number of nitrogens with two attached hydrogens (primary N) is 1. The van der Waals surface area contributed by atoms with E-state index in [4.69, 9.17) is 10.2 Å². The van der Waals surface area contributed by atoms with Gasteiger partial charge in [0.25, 0.3) is 0 Å². The minimum Gasteiger partial charge on any atom is -0.466 e. The molecule has 1 aromatic heterocycles. The lowest BCUT2D eigenvalue weighted by atomic mass is 9.83. The first-order valence-corrected chi connectivity index (χ1v) is 6.57. The van der Waals surface area contributed by atoms with Crippen LogP contribution < -0.4 is 5.73 Å². The standard InChI is InChI=1S/C13H22BrNO/c1-9(8-13(2,3)4)7-11(15)12-10(14)5-6-16-12/h5-6,9,11H,7-8,15H2,1-4H3. The van der Waals surface area contributed by atoms with Crippen LogP contribution in [-0.2, 0) is 0 Å². The van der Waals surface area contributed by atoms with Crippen molar-refractivity contribution in [3.63, 3.8) is 0 Å². The molecule has 2 nitrogen and oxygen atoms in total. The zero-order chi connectivity index (χ0) is 12.3. The van der Waals surface area contributed by atoms with Gasteiger partial charge in [-0.25, -0.2) is 0 Å². The van der Waals surface area contributed by atoms with Crippen molar-refractivity contribution in [1.82, 2.24) is 0 Å². The fourth-order valence-corrected chi connectivity index (χ4v) is 2.73. The Morgan fingerprint density at radius 3 is 2.50 bits per heavy atom. The quantitative estimate of drug-likeness (QED) is 0.885. The summed E-state index contributed by atoms with van der Waals surface area (Å²) in [4.78, 5) is 0. The second kappa shape index (κ2) is 5.37. The minimum atomic E-state index is -0.0123. The SMILES string of the molecule is CC(CC(N)c1occc1Br)CC(C)(C)C. The van der Waals surface area contributed by atoms with E-state index < -0.39 is 0 Å². The summed E-state index contributed by atoms with van der Waals surface area (Å²) in [7, 11) is 0. The van der Waals surface area contributed by atoms with E-state index in [-0.39, 0.29) is 6.04 Å². The summed E-state index contributed by atoms with van der Waals surface area (Å²) in [6.07, 6.45) is 3.82. The van der Waals surface area contributed by atoms with Gasteiger partial charge < -0.3 is 10.2 Å². The average molecular weight is 288 g/mol. The number of hydrogen-bond donors (Lipinski definition) is 1. The highest BCUT2D eigenvalue weighted by Gasteiger charge is 2.20. The van der Waals surface area contributed by atoms with E-state index in [1.54, 1.807) is 6.26 Å². The molecule has 0 bridgehead atoms. The molecule has 0 aliphatic carbocycles. The molecule has 0 amide bonds. The van der Waals surface area contributed by atoms with Gasteiger partial charge >= 0.3 is 0 Å². The number of halogens is 1. The maximum Gasteiger partial charge on any atom is 0.134 e. The summed E-state index contributed by atoms with van der Waals surface area (Å²) in [5.74, 6) is 1.47. The predicted octanol–water partition coefficient (Wildman–Crippen LogP) is 4.50. The van der Waals surface area contributed by atoms with Crippen LogP contribution in [0.25, 0.3) is 0 Å². The van der Waals surface area contributed by atoms with Crippen molar-refractivity contribution in [2.45, 2.75) is 46.6 Å². The van der Waals surface area contributed by atoms with Crippen LogP contribution in [0, 0.1) is 11.3 Å². The molecule has 0 aliphatic heterocycles. The Labute approximate surface area is 107 Å². The molecule has 0 saturated heterocycles. The highest BCUT2D eigenvalue weighted by Crippen LogP contribution is 2.32. The second-order valence-corrected chi connectivity index (χ2v) is 6.70. The Balaban J connectivity index is 2.52. The zero-order valence-electron chi connectivity index (χ0n) is 10.6. The molecule has 0 spiro atoms. The van der Waals surface area contributed by atoms with Crippen molar-refractivity contribution < 1.29 is 4.42 Å². The summed E-state index contributed by atoms with van der Waals surface area (Å²) >= 11 is 3.44. The summed E-state index contributed by atoms with van der Waals surface area (Å²) in [5, 5.41) is 0. The van der Waals surface area contributed by atoms with Crippen LogP contribution >= 0.6 is 15.9 Å². The fourth-order valence-electron chi connectivity index (χ4n) is 2.24. The smallest absolute Gasteiger partial charge is 0.134 e. The molecular weight excluding hydrogens is 266 g/mol. The molecule has 1 aromatic rings. The van der Waals surface area contributed by atoms with Crippen molar-refractivity contribution in [3.05, 3.63) is 22.6 Å². The minimum absolute atomic E-state index is 0.0123. The third-order valence-electron chi connectivity index (χ3n) is 2.60. The van der Waals surface area contributed by atoms with Gasteiger partial charge in [-0.3, -0.25) is 0 Å². The highest BCUT2D eigenvalue weighted by molar-refractivity contribution is 9.10. The molecule has 1 heterocycles. The molecule has 0 aliphatic rings. The van der Waals surface area contributed by atoms with E-state index >= 15 is 0 Å². The maximum absolute atomic E-state index is 6.14.